The summed E-state index contributed by atoms with van der Waals surface area (Å²) >= 11 is 0. The highest BCUT2D eigenvalue weighted by atomic mass is 16.8. The minimum Gasteiger partial charge on any atom is -0.394 e. The molecule has 4 saturated heterocycles. The Morgan fingerprint density at radius 1 is 0.692 bits per heavy atom. The van der Waals surface area contributed by atoms with Crippen LogP contribution in [0.3, 0.4) is 0 Å². The molecule has 4 heterocycles. The number of hydrogen-bond acceptors (Lipinski definition) is 19. The summed E-state index contributed by atoms with van der Waals surface area (Å²) in [4.78, 5) is 0. The molecule has 294 valence electrons. The molecular formula is C33H53N5O14. The highest BCUT2D eigenvalue weighted by Crippen LogP contribution is 2.35. The first-order valence-corrected chi connectivity index (χ1v) is 17.6. The Kier molecular flexibility index (Phi) is 13.3. The largest absolute Gasteiger partial charge is 0.394 e. The molecule has 1 aromatic rings. The molecule has 1 saturated carbocycles. The zero-order valence-electron chi connectivity index (χ0n) is 28.5. The van der Waals surface area contributed by atoms with Crippen molar-refractivity contribution in [2.24, 2.45) is 28.7 Å². The van der Waals surface area contributed by atoms with Crippen molar-refractivity contribution in [3.63, 3.8) is 0 Å². The summed E-state index contributed by atoms with van der Waals surface area (Å²) in [5.74, 6) is 0. The van der Waals surface area contributed by atoms with Crippen LogP contribution in [0.5, 0.6) is 0 Å². The van der Waals surface area contributed by atoms with Gasteiger partial charge in [0.25, 0.3) is 0 Å². The van der Waals surface area contributed by atoms with Crippen molar-refractivity contribution in [1.82, 2.24) is 0 Å². The molecule has 2 unspecified atom stereocenters. The molecule has 20 atom stereocenters. The standard InChI is InChI=1S/C33H53N5O14/c34-10-16-23(41)24(42)20(37)31(46-16)51-28-17(11-39)47-33(26(28)44)52-30-22(40)14(35)9-15(36)27(30)50-32-21(38)25(43)29-18(48-32)12-45-19(49-29)8-4-7-13-5-2-1-3-6-13/h1-6,8,14-33,39-44H,7,9-12,34-38H2/b8-4+/t14-,15+,16?,17-,18-,19?,20-,21-,22+,23-,24-,25-,26-,27-,28-,29-,30-,31-,32-,33+/m1/s1. The maximum atomic E-state index is 11.3. The van der Waals surface area contributed by atoms with Gasteiger partial charge in [0, 0.05) is 18.6 Å². The zero-order valence-corrected chi connectivity index (χ0v) is 28.5. The fourth-order valence-corrected chi connectivity index (χ4v) is 7.25. The van der Waals surface area contributed by atoms with Crippen LogP contribution in [-0.4, -0.2) is 173 Å². The second kappa shape index (κ2) is 17.3. The van der Waals surface area contributed by atoms with Crippen molar-refractivity contribution in [2.75, 3.05) is 19.8 Å². The lowest BCUT2D eigenvalue weighted by Gasteiger charge is -2.49. The third-order valence-electron chi connectivity index (χ3n) is 10.3. The molecule has 4 aliphatic heterocycles. The molecule has 0 aromatic heterocycles. The molecule has 16 N–H and O–H groups in total. The number of aliphatic hydroxyl groups excluding tert-OH is 6. The molecule has 0 spiro atoms. The van der Waals surface area contributed by atoms with Gasteiger partial charge in [-0.1, -0.05) is 36.4 Å². The Bertz CT molecular complexity index is 1300. The quantitative estimate of drug-likeness (QED) is 0.0941. The molecule has 19 nitrogen and oxygen atoms in total. The van der Waals surface area contributed by atoms with E-state index in [4.69, 9.17) is 66.6 Å². The summed E-state index contributed by atoms with van der Waals surface area (Å²) < 4.78 is 47.5. The Morgan fingerprint density at radius 3 is 2.06 bits per heavy atom. The first-order valence-electron chi connectivity index (χ1n) is 17.6. The lowest BCUT2D eigenvalue weighted by molar-refractivity contribution is -0.347. The average molecular weight is 744 g/mol. The van der Waals surface area contributed by atoms with Gasteiger partial charge in [0.1, 0.15) is 67.1 Å². The zero-order chi connectivity index (χ0) is 37.3. The number of allylic oxidation sites excluding steroid dienone is 1. The van der Waals surface area contributed by atoms with E-state index < -0.39 is 129 Å². The van der Waals surface area contributed by atoms with Gasteiger partial charge in [0.15, 0.2) is 25.2 Å². The van der Waals surface area contributed by atoms with E-state index in [1.54, 1.807) is 6.08 Å². The number of aliphatic hydroxyl groups is 6. The normalized spacial score (nSPS) is 48.5. The minimum atomic E-state index is -1.60. The van der Waals surface area contributed by atoms with Crippen LogP contribution < -0.4 is 28.7 Å². The van der Waals surface area contributed by atoms with Crippen molar-refractivity contribution in [3.8, 4) is 0 Å². The maximum absolute atomic E-state index is 11.3. The number of nitrogens with two attached hydrogens (primary N) is 5. The summed E-state index contributed by atoms with van der Waals surface area (Å²) in [6.45, 7) is -0.744. The van der Waals surface area contributed by atoms with E-state index in [1.165, 1.54) is 0 Å². The Labute approximate surface area is 300 Å². The van der Waals surface area contributed by atoms with Crippen LogP contribution in [-0.2, 0) is 44.3 Å². The Hall–Kier alpha value is -1.80. The van der Waals surface area contributed by atoms with Crippen molar-refractivity contribution in [2.45, 2.75) is 135 Å². The van der Waals surface area contributed by atoms with Gasteiger partial charge >= 0.3 is 0 Å². The molecule has 0 bridgehead atoms. The molecule has 5 fully saturated rings. The third kappa shape index (κ3) is 8.38. The van der Waals surface area contributed by atoms with Crippen LogP contribution in [0.25, 0.3) is 0 Å². The molecule has 1 aromatic carbocycles. The molecule has 1 aliphatic carbocycles. The first kappa shape index (κ1) is 39.9. The van der Waals surface area contributed by atoms with Gasteiger partial charge in [-0.15, -0.1) is 0 Å². The predicted molar refractivity (Wildman–Crippen MR) is 177 cm³/mol. The molecule has 52 heavy (non-hydrogen) atoms. The van der Waals surface area contributed by atoms with Crippen molar-refractivity contribution in [1.29, 1.82) is 0 Å². The summed E-state index contributed by atoms with van der Waals surface area (Å²) in [6.07, 6.45) is -15.0. The van der Waals surface area contributed by atoms with Gasteiger partial charge in [-0.2, -0.15) is 0 Å². The topological polar surface area (TPSA) is 325 Å². The Balaban J connectivity index is 1.10. The maximum Gasteiger partial charge on any atom is 0.187 e. The van der Waals surface area contributed by atoms with Crippen LogP contribution >= 0.6 is 0 Å². The number of hydrogen-bond donors (Lipinski definition) is 11. The van der Waals surface area contributed by atoms with Gasteiger partial charge in [0.2, 0.25) is 0 Å². The third-order valence-corrected chi connectivity index (χ3v) is 10.3. The number of benzene rings is 1. The van der Waals surface area contributed by atoms with E-state index >= 15 is 0 Å². The second-order valence-electron chi connectivity index (χ2n) is 13.9. The molecule has 5 aliphatic rings. The highest BCUT2D eigenvalue weighted by molar-refractivity contribution is 5.17. The van der Waals surface area contributed by atoms with Crippen molar-refractivity contribution < 1.29 is 68.5 Å². The molecule has 6 rings (SSSR count). The fourth-order valence-electron chi connectivity index (χ4n) is 7.25. The van der Waals surface area contributed by atoms with Crippen LogP contribution in [0.15, 0.2) is 42.5 Å². The molecular weight excluding hydrogens is 690 g/mol. The van der Waals surface area contributed by atoms with Crippen molar-refractivity contribution in [3.05, 3.63) is 48.0 Å². The summed E-state index contributed by atoms with van der Waals surface area (Å²) in [5, 5.41) is 64.4. The summed E-state index contributed by atoms with van der Waals surface area (Å²) in [5.41, 5.74) is 31.9. The van der Waals surface area contributed by atoms with Crippen LogP contribution in [0.2, 0.25) is 0 Å². The van der Waals surface area contributed by atoms with Crippen LogP contribution in [0.4, 0.5) is 0 Å². The fraction of sp³-hybridized carbons (Fsp3) is 0.758. The Morgan fingerprint density at radius 2 is 1.35 bits per heavy atom. The van der Waals surface area contributed by atoms with E-state index in [0.717, 1.165) is 5.56 Å². The van der Waals surface area contributed by atoms with E-state index in [-0.39, 0.29) is 19.6 Å². The lowest BCUT2D eigenvalue weighted by Crippen LogP contribution is -2.69. The van der Waals surface area contributed by atoms with Gasteiger partial charge < -0.3 is 97.2 Å². The SMILES string of the molecule is NCC1O[C@H](O[C@H]2[C@@H](O)[C@H](O[C@@H]3[C@@H](O)[C@H](N)C[C@H](N)[C@H]3O[C@H]3O[C@@H]4COC(/C=C/Cc5ccccc5)O[C@H]4[C@H](O)[C@H]3N)O[C@@H]2CO)[C@H](N)[C@@H](O)[C@@H]1O. The lowest BCUT2D eigenvalue weighted by atomic mass is 9.84. The smallest absolute Gasteiger partial charge is 0.187 e. The number of fused-ring (bicyclic) bond motifs is 1. The molecule has 19 heteroatoms. The summed E-state index contributed by atoms with van der Waals surface area (Å²) in [6, 6.07) is 5.79. The monoisotopic (exact) mass is 743 g/mol. The average Bonchev–Trinajstić information content (AvgIpc) is 3.44. The van der Waals surface area contributed by atoms with Crippen LogP contribution in [0.1, 0.15) is 12.0 Å². The minimum absolute atomic E-state index is 0.0568. The highest BCUT2D eigenvalue weighted by Gasteiger charge is 2.55. The second-order valence-corrected chi connectivity index (χ2v) is 13.9. The van der Waals surface area contributed by atoms with Crippen molar-refractivity contribution >= 4 is 0 Å². The first-order chi connectivity index (χ1) is 24.9. The number of rotatable bonds is 11. The van der Waals surface area contributed by atoms with Crippen LogP contribution in [0, 0.1) is 0 Å². The van der Waals surface area contributed by atoms with Gasteiger partial charge in [-0.05, 0) is 24.5 Å². The van der Waals surface area contributed by atoms with Gasteiger partial charge in [-0.3, -0.25) is 0 Å². The number of ether oxygens (including phenoxy) is 8. The predicted octanol–water partition coefficient (Wildman–Crippen LogP) is -5.67. The van der Waals surface area contributed by atoms with E-state index in [9.17, 15) is 30.6 Å². The molecule has 0 amide bonds. The van der Waals surface area contributed by atoms with Gasteiger partial charge in [0.05, 0.1) is 31.4 Å². The summed E-state index contributed by atoms with van der Waals surface area (Å²) in [7, 11) is 0. The van der Waals surface area contributed by atoms with E-state index in [0.29, 0.717) is 6.42 Å². The van der Waals surface area contributed by atoms with E-state index in [1.807, 2.05) is 36.4 Å². The van der Waals surface area contributed by atoms with E-state index in [2.05, 4.69) is 0 Å². The molecule has 0 radical (unpaired) electrons. The van der Waals surface area contributed by atoms with Gasteiger partial charge in [-0.25, -0.2) is 0 Å².